The highest BCUT2D eigenvalue weighted by Gasteiger charge is 2.33. The van der Waals surface area contributed by atoms with Crippen molar-refractivity contribution in [1.29, 1.82) is 0 Å². The molecule has 0 heterocycles. The van der Waals surface area contributed by atoms with Crippen molar-refractivity contribution in [1.82, 2.24) is 10.6 Å². The molecule has 1 fully saturated rings. The van der Waals surface area contributed by atoms with Crippen molar-refractivity contribution >= 4 is 15.8 Å². The Bertz CT molecular complexity index is 815. The zero-order chi connectivity index (χ0) is 22.2. The van der Waals surface area contributed by atoms with Crippen LogP contribution in [0.15, 0.2) is 28.1 Å². The molecule has 1 aliphatic rings. The van der Waals surface area contributed by atoms with Gasteiger partial charge in [-0.15, -0.1) is 0 Å². The van der Waals surface area contributed by atoms with Crippen molar-refractivity contribution in [3.63, 3.8) is 0 Å². The van der Waals surface area contributed by atoms with E-state index in [-0.39, 0.29) is 17.2 Å². The van der Waals surface area contributed by atoms with Crippen molar-refractivity contribution < 1.29 is 13.2 Å². The monoisotopic (exact) mass is 437 g/mol. The van der Waals surface area contributed by atoms with Crippen LogP contribution in [0.1, 0.15) is 56.6 Å². The van der Waals surface area contributed by atoms with E-state index in [9.17, 15) is 8.42 Å². The van der Waals surface area contributed by atoms with Crippen LogP contribution in [0.25, 0.3) is 0 Å². The van der Waals surface area contributed by atoms with Crippen LogP contribution in [0.3, 0.4) is 0 Å². The summed E-state index contributed by atoms with van der Waals surface area (Å²) >= 11 is 0. The molecule has 2 N–H and O–H groups in total. The normalized spacial score (nSPS) is 17.7. The SMILES string of the molecule is CCC(CS(=O)(=O)c1ccc(C)c(C)c1)NC(=NC)NCC1(CCOC)CCCC1. The van der Waals surface area contributed by atoms with Gasteiger partial charge in [0.1, 0.15) is 0 Å². The molecule has 1 aliphatic carbocycles. The van der Waals surface area contributed by atoms with Crippen molar-refractivity contribution in [3.8, 4) is 0 Å². The second-order valence-electron chi connectivity index (χ2n) is 8.65. The standard InChI is InChI=1S/C23H39N3O3S/c1-6-20(16-30(27,28)21-10-9-18(2)19(3)15-21)26-22(24-4)25-17-23(13-14-29-5)11-7-8-12-23/h9-10,15,20H,6-8,11-14,16-17H2,1-5H3,(H2,24,25,26). The van der Waals surface area contributed by atoms with E-state index in [2.05, 4.69) is 15.6 Å². The number of benzene rings is 1. The molecule has 0 bridgehead atoms. The molecule has 30 heavy (non-hydrogen) atoms. The van der Waals surface area contributed by atoms with Crippen LogP contribution in [-0.4, -0.2) is 53.5 Å². The Morgan fingerprint density at radius 3 is 2.50 bits per heavy atom. The van der Waals surface area contributed by atoms with Gasteiger partial charge in [-0.3, -0.25) is 4.99 Å². The summed E-state index contributed by atoms with van der Waals surface area (Å²) < 4.78 is 31.2. The first kappa shape index (κ1) is 24.7. The van der Waals surface area contributed by atoms with Crippen molar-refractivity contribution in [2.24, 2.45) is 10.4 Å². The number of nitrogens with one attached hydrogen (secondary N) is 2. The number of hydrogen-bond donors (Lipinski definition) is 2. The Morgan fingerprint density at radius 2 is 1.93 bits per heavy atom. The maximum Gasteiger partial charge on any atom is 0.191 e. The molecule has 6 nitrogen and oxygen atoms in total. The van der Waals surface area contributed by atoms with Crippen LogP contribution in [0.4, 0.5) is 0 Å². The third-order valence-corrected chi connectivity index (χ3v) is 8.26. The quantitative estimate of drug-likeness (QED) is 0.432. The van der Waals surface area contributed by atoms with Gasteiger partial charge in [-0.1, -0.05) is 25.8 Å². The minimum Gasteiger partial charge on any atom is -0.385 e. The average Bonchev–Trinajstić information content (AvgIpc) is 3.19. The van der Waals surface area contributed by atoms with Gasteiger partial charge in [0.05, 0.1) is 10.6 Å². The minimum absolute atomic E-state index is 0.0432. The van der Waals surface area contributed by atoms with E-state index in [1.807, 2.05) is 26.8 Å². The highest BCUT2D eigenvalue weighted by Crippen LogP contribution is 2.40. The molecule has 1 saturated carbocycles. The first-order valence-electron chi connectivity index (χ1n) is 11.0. The number of nitrogens with zero attached hydrogens (tertiary/aromatic N) is 1. The molecule has 0 radical (unpaired) electrons. The Morgan fingerprint density at radius 1 is 1.23 bits per heavy atom. The molecule has 0 aliphatic heterocycles. The van der Waals surface area contributed by atoms with Crippen LogP contribution in [0.5, 0.6) is 0 Å². The maximum atomic E-state index is 13.0. The Hall–Kier alpha value is -1.60. The molecule has 1 unspecified atom stereocenters. The van der Waals surface area contributed by atoms with Gasteiger partial charge in [-0.25, -0.2) is 8.42 Å². The Balaban J connectivity index is 2.01. The predicted molar refractivity (Wildman–Crippen MR) is 124 cm³/mol. The number of hydrogen-bond acceptors (Lipinski definition) is 4. The molecule has 1 aromatic rings. The van der Waals surface area contributed by atoms with Gasteiger partial charge in [-0.2, -0.15) is 0 Å². The Labute approximate surface area is 182 Å². The zero-order valence-corrected chi connectivity index (χ0v) is 20.1. The van der Waals surface area contributed by atoms with E-state index >= 15 is 0 Å². The molecule has 1 atom stereocenters. The number of methoxy groups -OCH3 is 1. The number of rotatable bonds is 10. The molecule has 1 aromatic carbocycles. The first-order valence-corrected chi connectivity index (χ1v) is 12.7. The molecule has 170 valence electrons. The van der Waals surface area contributed by atoms with E-state index in [0.29, 0.717) is 17.3 Å². The van der Waals surface area contributed by atoms with Gasteiger partial charge < -0.3 is 15.4 Å². The molecular weight excluding hydrogens is 398 g/mol. The number of aliphatic imine (C=N–C) groups is 1. The lowest BCUT2D eigenvalue weighted by molar-refractivity contribution is 0.138. The van der Waals surface area contributed by atoms with Crippen LogP contribution in [0.2, 0.25) is 0 Å². The summed E-state index contributed by atoms with van der Waals surface area (Å²) in [6.45, 7) is 7.52. The lowest BCUT2D eigenvalue weighted by Crippen LogP contribution is -2.48. The summed E-state index contributed by atoms with van der Waals surface area (Å²) in [5.74, 6) is 0.711. The minimum atomic E-state index is -3.38. The van der Waals surface area contributed by atoms with Crippen LogP contribution in [-0.2, 0) is 14.6 Å². The third-order valence-electron chi connectivity index (χ3n) is 6.45. The van der Waals surface area contributed by atoms with Crippen molar-refractivity contribution in [2.45, 2.75) is 70.2 Å². The van der Waals surface area contributed by atoms with Crippen molar-refractivity contribution in [2.75, 3.05) is 33.1 Å². The number of aryl methyl sites for hydroxylation is 2. The number of sulfone groups is 1. The molecule has 7 heteroatoms. The molecule has 0 aromatic heterocycles. The lowest BCUT2D eigenvalue weighted by Gasteiger charge is -2.30. The number of guanidine groups is 1. The fraction of sp³-hybridized carbons (Fsp3) is 0.696. The molecule has 0 amide bonds. The topological polar surface area (TPSA) is 79.8 Å². The van der Waals surface area contributed by atoms with Crippen LogP contribution >= 0.6 is 0 Å². The van der Waals surface area contributed by atoms with Crippen LogP contribution in [0, 0.1) is 19.3 Å². The van der Waals surface area contributed by atoms with E-state index in [1.54, 1.807) is 26.3 Å². The van der Waals surface area contributed by atoms with Crippen LogP contribution < -0.4 is 10.6 Å². The summed E-state index contributed by atoms with van der Waals surface area (Å²) in [6, 6.07) is 5.14. The highest BCUT2D eigenvalue weighted by molar-refractivity contribution is 7.91. The average molecular weight is 438 g/mol. The molecule has 0 spiro atoms. The zero-order valence-electron chi connectivity index (χ0n) is 19.3. The summed E-state index contributed by atoms with van der Waals surface area (Å²) in [6.07, 6.45) is 6.62. The smallest absolute Gasteiger partial charge is 0.191 e. The van der Waals surface area contributed by atoms with E-state index in [4.69, 9.17) is 4.74 Å². The molecular formula is C23H39N3O3S. The van der Waals surface area contributed by atoms with Gasteiger partial charge in [-0.05, 0) is 68.2 Å². The molecule has 0 saturated heterocycles. The maximum absolute atomic E-state index is 13.0. The largest absolute Gasteiger partial charge is 0.385 e. The van der Waals surface area contributed by atoms with Crippen molar-refractivity contribution in [3.05, 3.63) is 29.3 Å². The second-order valence-corrected chi connectivity index (χ2v) is 10.7. The van der Waals surface area contributed by atoms with Gasteiger partial charge in [0.2, 0.25) is 0 Å². The van der Waals surface area contributed by atoms with Gasteiger partial charge in [0.25, 0.3) is 0 Å². The fourth-order valence-electron chi connectivity index (χ4n) is 4.15. The lowest BCUT2D eigenvalue weighted by atomic mass is 9.83. The van der Waals surface area contributed by atoms with Gasteiger partial charge >= 0.3 is 0 Å². The van der Waals surface area contributed by atoms with Gasteiger partial charge in [0, 0.05) is 33.4 Å². The van der Waals surface area contributed by atoms with Gasteiger partial charge in [0.15, 0.2) is 15.8 Å². The van der Waals surface area contributed by atoms with E-state index in [0.717, 1.165) is 30.7 Å². The third kappa shape index (κ3) is 6.71. The second kappa shape index (κ2) is 11.1. The highest BCUT2D eigenvalue weighted by atomic mass is 32.2. The summed E-state index contributed by atoms with van der Waals surface area (Å²) in [7, 11) is 0.0997. The summed E-state index contributed by atoms with van der Waals surface area (Å²) in [5, 5.41) is 6.79. The number of ether oxygens (including phenoxy) is 1. The summed E-state index contributed by atoms with van der Waals surface area (Å²) in [5.41, 5.74) is 2.33. The van der Waals surface area contributed by atoms with E-state index in [1.165, 1.54) is 25.7 Å². The predicted octanol–water partition coefficient (Wildman–Crippen LogP) is 3.62. The molecule has 2 rings (SSSR count). The first-order chi connectivity index (χ1) is 14.2. The summed E-state index contributed by atoms with van der Waals surface area (Å²) in [4.78, 5) is 4.73. The Kier molecular flexibility index (Phi) is 9.16. The fourth-order valence-corrected chi connectivity index (χ4v) is 5.82. The van der Waals surface area contributed by atoms with E-state index < -0.39 is 9.84 Å².